The number of rotatable bonds is 6. The highest BCUT2D eigenvalue weighted by Crippen LogP contribution is 2.44. The van der Waals surface area contributed by atoms with Gasteiger partial charge in [0.25, 0.3) is 0 Å². The van der Waals surface area contributed by atoms with Crippen molar-refractivity contribution >= 4 is 32.4 Å². The van der Waals surface area contributed by atoms with Crippen LogP contribution in [0.1, 0.15) is 39.9 Å². The lowest BCUT2D eigenvalue weighted by atomic mass is 9.76. The van der Waals surface area contributed by atoms with Gasteiger partial charge in [0.15, 0.2) is 6.29 Å². The van der Waals surface area contributed by atoms with Crippen LogP contribution in [0.3, 0.4) is 0 Å². The molecule has 0 aliphatic carbocycles. The Morgan fingerprint density at radius 2 is 1.60 bits per heavy atom. The third kappa shape index (κ3) is 3.39. The number of carbonyl (C=O) groups excluding carboxylic acids is 1. The van der Waals surface area contributed by atoms with Gasteiger partial charge in [0.1, 0.15) is 17.1 Å². The molecule has 0 spiro atoms. The van der Waals surface area contributed by atoms with E-state index in [4.69, 9.17) is 11.6 Å². The summed E-state index contributed by atoms with van der Waals surface area (Å²) in [5, 5.41) is 1.74. The Morgan fingerprint density at radius 1 is 0.967 bits per heavy atom. The van der Waals surface area contributed by atoms with Crippen LogP contribution in [0.15, 0.2) is 85.1 Å². The quantitative estimate of drug-likeness (QED) is 0.237. The van der Waals surface area contributed by atoms with E-state index in [2.05, 4.69) is 55.2 Å². The van der Waals surface area contributed by atoms with Crippen LogP contribution in [0.5, 0.6) is 0 Å². The van der Waals surface area contributed by atoms with E-state index in [1.165, 1.54) is 0 Å². The zero-order valence-electron chi connectivity index (χ0n) is 16.6. The minimum Gasteiger partial charge on any atom is -0.316 e. The number of benzene rings is 3. The minimum absolute atomic E-state index is 0.405. The first kappa shape index (κ1) is 20.5. The molecule has 0 radical (unpaired) electrons. The number of carbonyl (C=O) groups is 1. The molecule has 5 heteroatoms. The van der Waals surface area contributed by atoms with Crippen molar-refractivity contribution in [2.75, 3.05) is 0 Å². The zero-order chi connectivity index (χ0) is 21.1. The Bertz CT molecular complexity index is 1170. The maximum Gasteiger partial charge on any atom is 0.170 e. The summed E-state index contributed by atoms with van der Waals surface area (Å²) >= 11 is 6.82. The van der Waals surface area contributed by atoms with Gasteiger partial charge in [-0.2, -0.15) is 0 Å². The van der Waals surface area contributed by atoms with E-state index in [-0.39, 0.29) is 0 Å². The average molecular weight is 433 g/mol. The molecule has 0 N–H and O–H groups in total. The molecule has 3 aromatic carbocycles. The largest absolute Gasteiger partial charge is 0.316 e. The van der Waals surface area contributed by atoms with Crippen molar-refractivity contribution in [2.45, 2.75) is 18.9 Å². The highest BCUT2D eigenvalue weighted by atomic mass is 35.5. The highest BCUT2D eigenvalue weighted by Gasteiger charge is 2.41. The molecule has 0 fully saturated rings. The first-order valence-corrected chi connectivity index (χ1v) is 10.8. The second-order valence-electron chi connectivity index (χ2n) is 7.10. The molecule has 0 saturated carbocycles. The molecule has 3 nitrogen and oxygen atoms in total. The van der Waals surface area contributed by atoms with E-state index in [1.54, 1.807) is 0 Å². The molecule has 0 aliphatic rings. The number of imidazole rings is 1. The fourth-order valence-corrected chi connectivity index (χ4v) is 4.54. The summed E-state index contributed by atoms with van der Waals surface area (Å²) in [6, 6.07) is 26.5. The predicted octanol–water partition coefficient (Wildman–Crippen LogP) is 5.25. The maximum atomic E-state index is 11.6. The van der Waals surface area contributed by atoms with Crippen molar-refractivity contribution in [2.24, 2.45) is 0 Å². The summed E-state index contributed by atoms with van der Waals surface area (Å²) in [5.74, 6) is 0.816. The Hall–Kier alpha value is -2.74. The molecule has 30 heavy (non-hydrogen) atoms. The predicted molar refractivity (Wildman–Crippen MR) is 126 cm³/mol. The standard InChI is InChI=1S/C25H22ClN2OP/c1-2-24-27-20(17-29)16-28(24)25(18-8-4-3-5-9-18,19-12-14-21(30)15-13-19)22-10-6-7-11-23(22)26/h3-17H,2,30H2,1H3. The minimum atomic E-state index is -0.780. The van der Waals surface area contributed by atoms with Gasteiger partial charge < -0.3 is 4.57 Å². The average Bonchev–Trinajstić information content (AvgIpc) is 3.21. The Balaban J connectivity index is 2.20. The fraction of sp³-hybridized carbons (Fsp3) is 0.120. The molecular weight excluding hydrogens is 411 g/mol. The van der Waals surface area contributed by atoms with Crippen molar-refractivity contribution in [1.82, 2.24) is 9.55 Å². The SMILES string of the molecule is CCc1nc(C=O)cn1C(c1ccccc1)(c1ccc(P)cc1)c1ccccc1Cl. The lowest BCUT2D eigenvalue weighted by molar-refractivity contribution is 0.111. The van der Waals surface area contributed by atoms with E-state index in [0.717, 1.165) is 34.1 Å². The van der Waals surface area contributed by atoms with Crippen LogP contribution in [0.25, 0.3) is 0 Å². The summed E-state index contributed by atoms with van der Waals surface area (Å²) in [5.41, 5.74) is 2.63. The lowest BCUT2D eigenvalue weighted by Gasteiger charge is -2.39. The molecular formula is C25H22ClN2OP. The van der Waals surface area contributed by atoms with Crippen LogP contribution in [0.2, 0.25) is 5.02 Å². The van der Waals surface area contributed by atoms with Gasteiger partial charge in [0, 0.05) is 23.2 Å². The van der Waals surface area contributed by atoms with E-state index in [0.29, 0.717) is 17.1 Å². The number of hydrogen-bond donors (Lipinski definition) is 0. The van der Waals surface area contributed by atoms with Crippen LogP contribution in [-0.2, 0) is 12.0 Å². The van der Waals surface area contributed by atoms with Crippen LogP contribution in [0.4, 0.5) is 0 Å². The molecule has 2 unspecified atom stereocenters. The molecule has 4 aromatic rings. The van der Waals surface area contributed by atoms with Gasteiger partial charge in [-0.05, 0) is 22.5 Å². The molecule has 1 heterocycles. The van der Waals surface area contributed by atoms with Gasteiger partial charge in [-0.25, -0.2) is 4.98 Å². The highest BCUT2D eigenvalue weighted by molar-refractivity contribution is 7.27. The van der Waals surface area contributed by atoms with Crippen LogP contribution < -0.4 is 5.30 Å². The van der Waals surface area contributed by atoms with E-state index < -0.39 is 5.54 Å². The normalized spacial score (nSPS) is 13.0. The fourth-order valence-electron chi connectivity index (χ4n) is 4.08. The van der Waals surface area contributed by atoms with Gasteiger partial charge in [-0.15, -0.1) is 9.24 Å². The van der Waals surface area contributed by atoms with Crippen LogP contribution in [-0.4, -0.2) is 15.8 Å². The molecule has 0 amide bonds. The zero-order valence-corrected chi connectivity index (χ0v) is 18.5. The summed E-state index contributed by atoms with van der Waals surface area (Å²) in [7, 11) is 2.73. The number of aldehydes is 1. The Morgan fingerprint density at radius 3 is 2.23 bits per heavy atom. The summed E-state index contributed by atoms with van der Waals surface area (Å²) in [4.78, 5) is 16.2. The van der Waals surface area contributed by atoms with E-state index in [9.17, 15) is 4.79 Å². The molecule has 2 atom stereocenters. The van der Waals surface area contributed by atoms with Gasteiger partial charge in [0.2, 0.25) is 0 Å². The number of hydrogen-bond acceptors (Lipinski definition) is 2. The molecule has 1 aromatic heterocycles. The van der Waals surface area contributed by atoms with Gasteiger partial charge in [0.05, 0.1) is 0 Å². The number of halogens is 1. The van der Waals surface area contributed by atoms with Crippen molar-refractivity contribution in [3.05, 3.63) is 118 Å². The van der Waals surface area contributed by atoms with Gasteiger partial charge in [-0.1, -0.05) is 91.3 Å². The monoisotopic (exact) mass is 432 g/mol. The summed E-state index contributed by atoms with van der Waals surface area (Å²) in [6.07, 6.45) is 3.30. The third-order valence-electron chi connectivity index (χ3n) is 5.38. The summed E-state index contributed by atoms with van der Waals surface area (Å²) in [6.45, 7) is 2.04. The maximum absolute atomic E-state index is 11.6. The van der Waals surface area contributed by atoms with Crippen molar-refractivity contribution < 1.29 is 4.79 Å². The van der Waals surface area contributed by atoms with Crippen molar-refractivity contribution in [3.63, 3.8) is 0 Å². The molecule has 0 bridgehead atoms. The Labute approximate surface area is 183 Å². The van der Waals surface area contributed by atoms with Gasteiger partial charge >= 0.3 is 0 Å². The topological polar surface area (TPSA) is 34.9 Å². The number of aromatic nitrogens is 2. The van der Waals surface area contributed by atoms with E-state index >= 15 is 0 Å². The first-order chi connectivity index (χ1) is 14.6. The van der Waals surface area contributed by atoms with Crippen molar-refractivity contribution in [3.8, 4) is 0 Å². The first-order valence-electron chi connectivity index (χ1n) is 9.81. The molecule has 0 saturated heterocycles. The van der Waals surface area contributed by atoms with Crippen molar-refractivity contribution in [1.29, 1.82) is 0 Å². The second kappa shape index (κ2) is 8.55. The number of nitrogens with zero attached hydrogens (tertiary/aromatic N) is 2. The van der Waals surface area contributed by atoms with Gasteiger partial charge in [-0.3, -0.25) is 4.79 Å². The molecule has 4 rings (SSSR count). The second-order valence-corrected chi connectivity index (χ2v) is 8.18. The molecule has 0 aliphatic heterocycles. The van der Waals surface area contributed by atoms with Crippen LogP contribution in [0, 0.1) is 0 Å². The van der Waals surface area contributed by atoms with E-state index in [1.807, 2.05) is 55.6 Å². The lowest BCUT2D eigenvalue weighted by Crippen LogP contribution is -2.39. The Kier molecular flexibility index (Phi) is 5.85. The summed E-state index contributed by atoms with van der Waals surface area (Å²) < 4.78 is 2.10. The smallest absolute Gasteiger partial charge is 0.170 e. The van der Waals surface area contributed by atoms with Crippen LogP contribution >= 0.6 is 20.8 Å². The number of aryl methyl sites for hydroxylation is 1. The third-order valence-corrected chi connectivity index (χ3v) is 6.09. The molecule has 150 valence electrons.